The van der Waals surface area contributed by atoms with Gasteiger partial charge in [0, 0.05) is 17.5 Å². The second kappa shape index (κ2) is 5.36. The third kappa shape index (κ3) is 2.44. The van der Waals surface area contributed by atoms with Crippen LogP contribution in [0.1, 0.15) is 21.9 Å². The zero-order valence-electron chi connectivity index (χ0n) is 12.1. The lowest BCUT2D eigenvalue weighted by molar-refractivity contribution is 0.102. The molecule has 3 aromatic rings. The molecule has 0 saturated heterocycles. The van der Waals surface area contributed by atoms with Crippen LogP contribution in [0.4, 0.5) is 5.69 Å². The molecule has 0 fully saturated rings. The van der Waals surface area contributed by atoms with Crippen molar-refractivity contribution in [3.05, 3.63) is 47.5 Å². The molecule has 0 aliphatic rings. The molecule has 0 spiro atoms. The van der Waals surface area contributed by atoms with E-state index in [4.69, 9.17) is 0 Å². The van der Waals surface area contributed by atoms with Crippen LogP contribution in [-0.4, -0.2) is 31.2 Å². The van der Waals surface area contributed by atoms with Gasteiger partial charge in [0.2, 0.25) is 0 Å². The van der Waals surface area contributed by atoms with Gasteiger partial charge in [0.15, 0.2) is 11.4 Å². The smallest absolute Gasteiger partial charge is 0.277 e. The lowest BCUT2D eigenvalue weighted by Crippen LogP contribution is -2.13. The van der Waals surface area contributed by atoms with E-state index in [9.17, 15) is 9.90 Å². The number of nitrogens with one attached hydrogen (secondary N) is 3. The van der Waals surface area contributed by atoms with Gasteiger partial charge in [-0.1, -0.05) is 12.1 Å². The summed E-state index contributed by atoms with van der Waals surface area (Å²) in [6.07, 6.45) is 1.72. The van der Waals surface area contributed by atoms with E-state index < -0.39 is 5.91 Å². The van der Waals surface area contributed by atoms with Gasteiger partial charge < -0.3 is 15.4 Å². The van der Waals surface area contributed by atoms with Crippen LogP contribution in [0.15, 0.2) is 30.5 Å². The molecule has 112 valence electrons. The van der Waals surface area contributed by atoms with Gasteiger partial charge >= 0.3 is 0 Å². The fourth-order valence-corrected chi connectivity index (χ4v) is 2.12. The SMILES string of the molecule is Cc1cnc(-c2ccccc2NC(=O)c2[nH]nc(C)c2O)[nH]1. The molecule has 0 bridgehead atoms. The molecular weight excluding hydrogens is 282 g/mol. The fraction of sp³-hybridized carbons (Fsp3) is 0.133. The first-order chi connectivity index (χ1) is 10.6. The number of amides is 1. The van der Waals surface area contributed by atoms with Crippen molar-refractivity contribution in [3.8, 4) is 17.1 Å². The first-order valence-corrected chi connectivity index (χ1v) is 6.72. The third-order valence-corrected chi connectivity index (χ3v) is 3.28. The van der Waals surface area contributed by atoms with Crippen molar-refractivity contribution >= 4 is 11.6 Å². The maximum Gasteiger partial charge on any atom is 0.277 e. The molecule has 22 heavy (non-hydrogen) atoms. The molecule has 0 aliphatic carbocycles. The van der Waals surface area contributed by atoms with Crippen molar-refractivity contribution in [1.82, 2.24) is 20.2 Å². The molecule has 1 amide bonds. The highest BCUT2D eigenvalue weighted by molar-refractivity contribution is 6.06. The van der Waals surface area contributed by atoms with Crippen LogP contribution in [0.3, 0.4) is 0 Å². The summed E-state index contributed by atoms with van der Waals surface area (Å²) < 4.78 is 0. The molecule has 1 aromatic carbocycles. The molecule has 0 radical (unpaired) electrons. The molecule has 0 atom stereocenters. The van der Waals surface area contributed by atoms with Gasteiger partial charge in [0.25, 0.3) is 5.91 Å². The minimum absolute atomic E-state index is 0.0305. The van der Waals surface area contributed by atoms with Crippen LogP contribution in [0, 0.1) is 13.8 Å². The molecule has 0 unspecified atom stereocenters. The number of para-hydroxylation sites is 1. The Balaban J connectivity index is 1.93. The van der Waals surface area contributed by atoms with E-state index in [1.165, 1.54) is 0 Å². The van der Waals surface area contributed by atoms with Crippen LogP contribution in [-0.2, 0) is 0 Å². The van der Waals surface area contributed by atoms with Crippen LogP contribution >= 0.6 is 0 Å². The zero-order chi connectivity index (χ0) is 15.7. The quantitative estimate of drug-likeness (QED) is 0.595. The number of aryl methyl sites for hydroxylation is 2. The number of aromatic amines is 2. The Bertz CT molecular complexity index is 834. The summed E-state index contributed by atoms with van der Waals surface area (Å²) in [6, 6.07) is 7.30. The molecule has 3 rings (SSSR count). The number of carbonyl (C=O) groups excluding carboxylic acids is 1. The van der Waals surface area contributed by atoms with Gasteiger partial charge in [0.05, 0.1) is 5.69 Å². The summed E-state index contributed by atoms with van der Waals surface area (Å²) >= 11 is 0. The summed E-state index contributed by atoms with van der Waals surface area (Å²) in [5.41, 5.74) is 2.69. The van der Waals surface area contributed by atoms with Gasteiger partial charge in [-0.15, -0.1) is 0 Å². The number of hydrogen-bond donors (Lipinski definition) is 4. The number of nitrogens with zero attached hydrogens (tertiary/aromatic N) is 2. The Morgan fingerprint density at radius 3 is 2.68 bits per heavy atom. The second-order valence-corrected chi connectivity index (χ2v) is 4.95. The lowest BCUT2D eigenvalue weighted by atomic mass is 10.1. The highest BCUT2D eigenvalue weighted by Gasteiger charge is 2.18. The average Bonchev–Trinajstić information content (AvgIpc) is 3.07. The van der Waals surface area contributed by atoms with Crippen LogP contribution in [0.5, 0.6) is 5.75 Å². The summed E-state index contributed by atoms with van der Waals surface area (Å²) in [4.78, 5) is 19.7. The predicted octanol–water partition coefficient (Wildman–Crippen LogP) is 2.37. The van der Waals surface area contributed by atoms with Crippen LogP contribution in [0.25, 0.3) is 11.4 Å². The van der Waals surface area contributed by atoms with Gasteiger partial charge in [0.1, 0.15) is 11.5 Å². The lowest BCUT2D eigenvalue weighted by Gasteiger charge is -2.08. The van der Waals surface area contributed by atoms with Crippen molar-refractivity contribution in [2.24, 2.45) is 0 Å². The summed E-state index contributed by atoms with van der Waals surface area (Å²) in [7, 11) is 0. The van der Waals surface area contributed by atoms with E-state index in [0.717, 1.165) is 11.3 Å². The van der Waals surface area contributed by atoms with E-state index in [0.29, 0.717) is 17.2 Å². The maximum atomic E-state index is 12.3. The minimum atomic E-state index is -0.464. The Morgan fingerprint density at radius 2 is 2.05 bits per heavy atom. The van der Waals surface area contributed by atoms with Gasteiger partial charge in [-0.2, -0.15) is 5.10 Å². The Morgan fingerprint density at radius 1 is 1.27 bits per heavy atom. The maximum absolute atomic E-state index is 12.3. The summed E-state index contributed by atoms with van der Waals surface area (Å²) in [5.74, 6) is 0.0519. The predicted molar refractivity (Wildman–Crippen MR) is 81.7 cm³/mol. The molecule has 2 heterocycles. The number of benzene rings is 1. The highest BCUT2D eigenvalue weighted by atomic mass is 16.3. The normalized spacial score (nSPS) is 10.6. The average molecular weight is 297 g/mol. The standard InChI is InChI=1S/C15H15N5O2/c1-8-7-16-14(17-8)10-5-3-4-6-11(10)18-15(22)12-13(21)9(2)19-20-12/h3-7,21H,1-2H3,(H,16,17)(H,18,22)(H,19,20). The largest absolute Gasteiger partial charge is 0.504 e. The van der Waals surface area contributed by atoms with Crippen LogP contribution in [0.2, 0.25) is 0 Å². The van der Waals surface area contributed by atoms with E-state index >= 15 is 0 Å². The number of carbonyl (C=O) groups is 1. The Kier molecular flexibility index (Phi) is 3.38. The topological polar surface area (TPSA) is 107 Å². The summed E-state index contributed by atoms with van der Waals surface area (Å²) in [6.45, 7) is 3.52. The first-order valence-electron chi connectivity index (χ1n) is 6.72. The van der Waals surface area contributed by atoms with Crippen molar-refractivity contribution in [2.75, 3.05) is 5.32 Å². The second-order valence-electron chi connectivity index (χ2n) is 4.95. The minimum Gasteiger partial charge on any atom is -0.504 e. The molecule has 7 heteroatoms. The number of H-pyrrole nitrogens is 2. The van der Waals surface area contributed by atoms with Gasteiger partial charge in [-0.05, 0) is 26.0 Å². The molecule has 4 N–H and O–H groups in total. The zero-order valence-corrected chi connectivity index (χ0v) is 12.1. The van der Waals surface area contributed by atoms with E-state index in [2.05, 4.69) is 25.5 Å². The third-order valence-electron chi connectivity index (χ3n) is 3.28. The number of anilines is 1. The molecule has 0 saturated carbocycles. The van der Waals surface area contributed by atoms with Crippen molar-refractivity contribution in [1.29, 1.82) is 0 Å². The molecule has 0 aliphatic heterocycles. The molecule has 7 nitrogen and oxygen atoms in total. The fourth-order valence-electron chi connectivity index (χ4n) is 2.12. The van der Waals surface area contributed by atoms with Crippen molar-refractivity contribution in [3.63, 3.8) is 0 Å². The van der Waals surface area contributed by atoms with Crippen molar-refractivity contribution in [2.45, 2.75) is 13.8 Å². The summed E-state index contributed by atoms with van der Waals surface area (Å²) in [5, 5.41) is 18.9. The number of hydrogen-bond acceptors (Lipinski definition) is 4. The number of rotatable bonds is 3. The van der Waals surface area contributed by atoms with Gasteiger partial charge in [-0.25, -0.2) is 4.98 Å². The van der Waals surface area contributed by atoms with E-state index in [1.54, 1.807) is 19.2 Å². The first kappa shape index (κ1) is 13.9. The van der Waals surface area contributed by atoms with Gasteiger partial charge in [-0.3, -0.25) is 9.89 Å². The van der Waals surface area contributed by atoms with Crippen molar-refractivity contribution < 1.29 is 9.90 Å². The number of imidazole rings is 1. The Labute approximate surface area is 126 Å². The number of aromatic hydroxyl groups is 1. The van der Waals surface area contributed by atoms with E-state index in [-0.39, 0.29) is 11.4 Å². The van der Waals surface area contributed by atoms with Crippen LogP contribution < -0.4 is 5.32 Å². The number of aromatic nitrogens is 4. The highest BCUT2D eigenvalue weighted by Crippen LogP contribution is 2.27. The molecule has 2 aromatic heterocycles. The Hall–Kier alpha value is -3.09. The monoisotopic (exact) mass is 297 g/mol. The molecular formula is C15H15N5O2. The van der Waals surface area contributed by atoms with E-state index in [1.807, 2.05) is 25.1 Å².